The fourth-order valence-corrected chi connectivity index (χ4v) is 5.24. The number of benzene rings is 1. The molecule has 26 heavy (non-hydrogen) atoms. The molecule has 0 saturated heterocycles. The van der Waals surface area contributed by atoms with Crippen molar-refractivity contribution in [2.75, 3.05) is 26.0 Å². The zero-order chi connectivity index (χ0) is 17.9. The van der Waals surface area contributed by atoms with Gasteiger partial charge in [0.2, 0.25) is 4.96 Å². The fraction of sp³-hybridized carbons (Fsp3) is 0.375. The molecule has 4 rings (SSSR count). The van der Waals surface area contributed by atoms with Crippen molar-refractivity contribution in [3.63, 3.8) is 0 Å². The van der Waals surface area contributed by atoms with E-state index in [1.165, 1.54) is 11.3 Å². The van der Waals surface area contributed by atoms with E-state index in [1.54, 1.807) is 30.6 Å². The van der Waals surface area contributed by atoms with Gasteiger partial charge in [-0.05, 0) is 25.1 Å². The number of methoxy groups -OCH3 is 1. The van der Waals surface area contributed by atoms with Gasteiger partial charge in [-0.3, -0.25) is 4.99 Å². The van der Waals surface area contributed by atoms with E-state index in [-0.39, 0.29) is 0 Å². The van der Waals surface area contributed by atoms with Crippen LogP contribution in [0.15, 0.2) is 23.2 Å². The zero-order valence-corrected chi connectivity index (χ0v) is 16.8. The van der Waals surface area contributed by atoms with E-state index in [0.29, 0.717) is 18.1 Å². The summed E-state index contributed by atoms with van der Waals surface area (Å²) in [6.07, 6.45) is 0. The highest BCUT2D eigenvalue weighted by Crippen LogP contribution is 2.34. The summed E-state index contributed by atoms with van der Waals surface area (Å²) >= 11 is 4.99. The number of aliphatic imine (C=N–C) groups is 1. The highest BCUT2D eigenvalue weighted by atomic mass is 32.2. The maximum Gasteiger partial charge on any atom is 0.235 e. The molecule has 0 fully saturated rings. The molecule has 3 heterocycles. The molecule has 0 unspecified atom stereocenters. The van der Waals surface area contributed by atoms with Crippen molar-refractivity contribution in [2.45, 2.75) is 12.7 Å². The predicted octanol–water partition coefficient (Wildman–Crippen LogP) is 3.60. The SMILES string of the molecule is CCOc1ccc(-c2nn3c(CSC4=NCCS4)nnc3s2)cc1OC. The van der Waals surface area contributed by atoms with Crippen LogP contribution in [-0.2, 0) is 5.75 Å². The van der Waals surface area contributed by atoms with Gasteiger partial charge in [-0.25, -0.2) is 0 Å². The number of aromatic nitrogens is 4. The minimum Gasteiger partial charge on any atom is -0.493 e. The Bertz CT molecular complexity index is 953. The quantitative estimate of drug-likeness (QED) is 0.618. The molecule has 0 atom stereocenters. The van der Waals surface area contributed by atoms with E-state index in [2.05, 4.69) is 15.2 Å². The van der Waals surface area contributed by atoms with Crippen molar-refractivity contribution in [1.82, 2.24) is 19.8 Å². The first-order valence-corrected chi connectivity index (χ1v) is 10.9. The fourth-order valence-electron chi connectivity index (χ4n) is 2.47. The number of hydrogen-bond acceptors (Lipinski definition) is 9. The third kappa shape index (κ3) is 3.53. The lowest BCUT2D eigenvalue weighted by Crippen LogP contribution is -1.97. The number of rotatable bonds is 6. The Morgan fingerprint density at radius 2 is 2.19 bits per heavy atom. The largest absolute Gasteiger partial charge is 0.493 e. The lowest BCUT2D eigenvalue weighted by molar-refractivity contribution is 0.311. The van der Waals surface area contributed by atoms with Gasteiger partial charge in [0.05, 0.1) is 26.0 Å². The maximum atomic E-state index is 5.58. The summed E-state index contributed by atoms with van der Waals surface area (Å²) in [5.74, 6) is 4.04. The Morgan fingerprint density at radius 3 is 2.96 bits per heavy atom. The minimum atomic E-state index is 0.594. The van der Waals surface area contributed by atoms with Gasteiger partial charge >= 0.3 is 0 Å². The Hall–Kier alpha value is -1.78. The van der Waals surface area contributed by atoms with Gasteiger partial charge in [-0.2, -0.15) is 9.61 Å². The summed E-state index contributed by atoms with van der Waals surface area (Å²) in [4.78, 5) is 5.23. The van der Waals surface area contributed by atoms with Crippen LogP contribution in [0.2, 0.25) is 0 Å². The molecule has 0 bridgehead atoms. The molecule has 1 aliphatic rings. The van der Waals surface area contributed by atoms with Crippen LogP contribution >= 0.6 is 34.9 Å². The van der Waals surface area contributed by atoms with Crippen molar-refractivity contribution < 1.29 is 9.47 Å². The molecule has 0 amide bonds. The van der Waals surface area contributed by atoms with E-state index >= 15 is 0 Å². The summed E-state index contributed by atoms with van der Waals surface area (Å²) < 4.78 is 13.9. The van der Waals surface area contributed by atoms with Crippen molar-refractivity contribution in [1.29, 1.82) is 0 Å². The zero-order valence-electron chi connectivity index (χ0n) is 14.3. The van der Waals surface area contributed by atoms with Crippen LogP contribution in [0.4, 0.5) is 0 Å². The molecule has 0 saturated carbocycles. The monoisotopic (exact) mass is 407 g/mol. The summed E-state index contributed by atoms with van der Waals surface area (Å²) in [5, 5.41) is 14.1. The number of fused-ring (bicyclic) bond motifs is 1. The number of nitrogens with zero attached hydrogens (tertiary/aromatic N) is 5. The van der Waals surface area contributed by atoms with Gasteiger partial charge < -0.3 is 9.47 Å². The van der Waals surface area contributed by atoms with Gasteiger partial charge in [0, 0.05) is 11.3 Å². The van der Waals surface area contributed by atoms with Gasteiger partial charge in [0.25, 0.3) is 0 Å². The lowest BCUT2D eigenvalue weighted by atomic mass is 10.2. The van der Waals surface area contributed by atoms with Gasteiger partial charge in [-0.15, -0.1) is 10.2 Å². The maximum absolute atomic E-state index is 5.58. The van der Waals surface area contributed by atoms with Gasteiger partial charge in [0.1, 0.15) is 9.38 Å². The van der Waals surface area contributed by atoms with Crippen molar-refractivity contribution in [3.05, 3.63) is 24.0 Å². The molecule has 0 spiro atoms. The molecule has 0 aliphatic carbocycles. The molecule has 0 N–H and O–H groups in total. The summed E-state index contributed by atoms with van der Waals surface area (Å²) in [6, 6.07) is 5.83. The number of hydrogen-bond donors (Lipinski definition) is 0. The second-order valence-electron chi connectivity index (χ2n) is 5.30. The molecule has 1 aliphatic heterocycles. The molecule has 2 aromatic heterocycles. The molecular weight excluding hydrogens is 390 g/mol. The van der Waals surface area contributed by atoms with E-state index in [9.17, 15) is 0 Å². The standard InChI is InChI=1S/C16H17N5O2S3/c1-3-23-11-5-4-10(8-12(11)22-2)14-20-21-13(18-19-15(21)26-14)9-25-16-17-6-7-24-16/h4-5,8H,3,6-7,9H2,1-2H3. The molecule has 1 aromatic carbocycles. The normalized spacial score (nSPS) is 14.0. The van der Waals surface area contributed by atoms with Crippen LogP contribution in [0.1, 0.15) is 12.7 Å². The van der Waals surface area contributed by atoms with E-state index < -0.39 is 0 Å². The first-order chi connectivity index (χ1) is 12.8. The summed E-state index contributed by atoms with van der Waals surface area (Å²) in [6.45, 7) is 3.45. The Morgan fingerprint density at radius 1 is 1.27 bits per heavy atom. The third-order valence-corrected chi connectivity index (χ3v) is 6.84. The van der Waals surface area contributed by atoms with Crippen molar-refractivity contribution >= 4 is 44.2 Å². The number of ether oxygens (including phenoxy) is 2. The second kappa shape index (κ2) is 7.85. The molecular formula is C16H17N5O2S3. The van der Waals surface area contributed by atoms with Crippen molar-refractivity contribution in [2.24, 2.45) is 4.99 Å². The van der Waals surface area contributed by atoms with E-state index in [1.807, 2.05) is 29.6 Å². The average molecular weight is 408 g/mol. The third-order valence-electron chi connectivity index (χ3n) is 3.65. The average Bonchev–Trinajstić information content (AvgIpc) is 3.38. The molecule has 10 heteroatoms. The summed E-state index contributed by atoms with van der Waals surface area (Å²) in [5.41, 5.74) is 0.968. The van der Waals surface area contributed by atoms with Crippen LogP contribution in [-0.4, -0.2) is 50.2 Å². The Labute approximate surface area is 163 Å². The first kappa shape index (κ1) is 17.6. The van der Waals surface area contributed by atoms with Crippen LogP contribution in [0.3, 0.4) is 0 Å². The van der Waals surface area contributed by atoms with E-state index in [0.717, 1.165) is 43.8 Å². The predicted molar refractivity (Wildman–Crippen MR) is 108 cm³/mol. The smallest absolute Gasteiger partial charge is 0.235 e. The molecule has 7 nitrogen and oxygen atoms in total. The molecule has 136 valence electrons. The first-order valence-electron chi connectivity index (χ1n) is 8.11. The Balaban J connectivity index is 1.59. The highest BCUT2D eigenvalue weighted by Gasteiger charge is 2.16. The lowest BCUT2D eigenvalue weighted by Gasteiger charge is -2.09. The Kier molecular flexibility index (Phi) is 5.32. The van der Waals surface area contributed by atoms with Crippen LogP contribution in [0.25, 0.3) is 15.5 Å². The van der Waals surface area contributed by atoms with E-state index in [4.69, 9.17) is 14.6 Å². The van der Waals surface area contributed by atoms with Crippen LogP contribution < -0.4 is 9.47 Å². The minimum absolute atomic E-state index is 0.594. The van der Waals surface area contributed by atoms with Gasteiger partial charge in [-0.1, -0.05) is 34.9 Å². The number of thioether (sulfide) groups is 2. The second-order valence-corrected chi connectivity index (χ2v) is 8.56. The topological polar surface area (TPSA) is 73.9 Å². The van der Waals surface area contributed by atoms with Gasteiger partial charge in [0.15, 0.2) is 17.3 Å². The summed E-state index contributed by atoms with van der Waals surface area (Å²) in [7, 11) is 1.64. The van der Waals surface area contributed by atoms with Crippen LogP contribution in [0.5, 0.6) is 11.5 Å². The van der Waals surface area contributed by atoms with Crippen LogP contribution in [0, 0.1) is 0 Å². The van der Waals surface area contributed by atoms with Crippen molar-refractivity contribution in [3.8, 4) is 22.1 Å². The molecule has 3 aromatic rings. The molecule has 0 radical (unpaired) electrons. The highest BCUT2D eigenvalue weighted by molar-refractivity contribution is 8.38.